The lowest BCUT2D eigenvalue weighted by Crippen LogP contribution is -2.44. The van der Waals surface area contributed by atoms with E-state index in [1.807, 2.05) is 30.3 Å². The van der Waals surface area contributed by atoms with Crippen LogP contribution in [0.3, 0.4) is 0 Å². The summed E-state index contributed by atoms with van der Waals surface area (Å²) in [6.07, 6.45) is 1.75. The van der Waals surface area contributed by atoms with E-state index in [9.17, 15) is 19.1 Å². The van der Waals surface area contributed by atoms with Gasteiger partial charge in [-0.3, -0.25) is 13.9 Å². The Hall–Kier alpha value is -2.25. The minimum atomic E-state index is -1.02. The first-order valence-corrected chi connectivity index (χ1v) is 8.41. The van der Waals surface area contributed by atoms with Crippen LogP contribution in [-0.4, -0.2) is 27.0 Å². The highest BCUT2D eigenvalue weighted by atomic mass is 19.1. The standard InChI is InChI=1S/C18H21FN2O4/c19-15-12-20(16-7-4-10-25-16)18(24)21(17(15)23)11-14(22)9-8-13-5-2-1-3-6-13/h1-3,5-6,12,14,16,22H,4,7-11H2. The maximum atomic E-state index is 13.9. The van der Waals surface area contributed by atoms with Gasteiger partial charge in [-0.25, -0.2) is 4.79 Å². The molecule has 6 nitrogen and oxygen atoms in total. The van der Waals surface area contributed by atoms with Crippen molar-refractivity contribution in [3.63, 3.8) is 0 Å². The van der Waals surface area contributed by atoms with E-state index in [-0.39, 0.29) is 6.54 Å². The van der Waals surface area contributed by atoms with E-state index in [2.05, 4.69) is 0 Å². The summed E-state index contributed by atoms with van der Waals surface area (Å²) >= 11 is 0. The molecular formula is C18H21FN2O4. The van der Waals surface area contributed by atoms with Gasteiger partial charge >= 0.3 is 5.69 Å². The average Bonchev–Trinajstić information content (AvgIpc) is 3.15. The molecule has 134 valence electrons. The first-order valence-electron chi connectivity index (χ1n) is 8.41. The fraction of sp³-hybridized carbons (Fsp3) is 0.444. The molecule has 1 N–H and O–H groups in total. The molecule has 2 unspecified atom stereocenters. The number of benzene rings is 1. The fourth-order valence-electron chi connectivity index (χ4n) is 3.02. The molecule has 2 atom stereocenters. The van der Waals surface area contributed by atoms with Crippen molar-refractivity contribution < 1.29 is 14.2 Å². The van der Waals surface area contributed by atoms with E-state index in [0.717, 1.165) is 27.3 Å². The summed E-state index contributed by atoms with van der Waals surface area (Å²) in [5.41, 5.74) is -0.625. The third-order valence-corrected chi connectivity index (χ3v) is 4.37. The van der Waals surface area contributed by atoms with Gasteiger partial charge in [-0.2, -0.15) is 4.39 Å². The predicted molar refractivity (Wildman–Crippen MR) is 89.9 cm³/mol. The number of aliphatic hydroxyl groups is 1. The Morgan fingerprint density at radius 2 is 2.04 bits per heavy atom. The lowest BCUT2D eigenvalue weighted by Gasteiger charge is -2.17. The lowest BCUT2D eigenvalue weighted by molar-refractivity contribution is 0.0490. The van der Waals surface area contributed by atoms with Crippen LogP contribution in [0, 0.1) is 5.82 Å². The molecule has 0 saturated carbocycles. The fourth-order valence-corrected chi connectivity index (χ4v) is 3.02. The van der Waals surface area contributed by atoms with Crippen LogP contribution in [-0.2, 0) is 17.7 Å². The SMILES string of the molecule is O=c1c(F)cn(C2CCCO2)c(=O)n1CC(O)CCc1ccccc1. The zero-order valence-electron chi connectivity index (χ0n) is 13.8. The summed E-state index contributed by atoms with van der Waals surface area (Å²) in [4.78, 5) is 24.5. The second-order valence-electron chi connectivity index (χ2n) is 6.23. The number of halogens is 1. The van der Waals surface area contributed by atoms with Gasteiger partial charge in [-0.1, -0.05) is 30.3 Å². The van der Waals surface area contributed by atoms with Gasteiger partial charge in [-0.15, -0.1) is 0 Å². The molecule has 2 aromatic rings. The third-order valence-electron chi connectivity index (χ3n) is 4.37. The van der Waals surface area contributed by atoms with Crippen LogP contribution in [0.15, 0.2) is 46.1 Å². The second kappa shape index (κ2) is 7.76. The number of ether oxygens (including phenoxy) is 1. The molecular weight excluding hydrogens is 327 g/mol. The van der Waals surface area contributed by atoms with Crippen molar-refractivity contribution in [2.75, 3.05) is 6.61 Å². The number of aryl methyl sites for hydroxylation is 1. The molecule has 0 spiro atoms. The first-order chi connectivity index (χ1) is 12.1. The Labute approximate surface area is 144 Å². The molecule has 0 amide bonds. The molecule has 0 radical (unpaired) electrons. The van der Waals surface area contributed by atoms with Gasteiger partial charge in [0.15, 0.2) is 0 Å². The van der Waals surface area contributed by atoms with Crippen molar-refractivity contribution in [1.29, 1.82) is 0 Å². The second-order valence-corrected chi connectivity index (χ2v) is 6.23. The number of nitrogens with zero attached hydrogens (tertiary/aromatic N) is 2. The Morgan fingerprint density at radius 3 is 2.72 bits per heavy atom. The van der Waals surface area contributed by atoms with Crippen molar-refractivity contribution >= 4 is 0 Å². The van der Waals surface area contributed by atoms with Gasteiger partial charge in [0.05, 0.1) is 18.8 Å². The number of aromatic nitrogens is 2. The van der Waals surface area contributed by atoms with Gasteiger partial charge in [0.1, 0.15) is 6.23 Å². The normalized spacial score (nSPS) is 18.4. The molecule has 0 bridgehead atoms. The Morgan fingerprint density at radius 1 is 1.28 bits per heavy atom. The summed E-state index contributed by atoms with van der Waals surface area (Å²) in [7, 11) is 0. The molecule has 2 heterocycles. The highest BCUT2D eigenvalue weighted by Gasteiger charge is 2.23. The minimum Gasteiger partial charge on any atom is -0.391 e. The van der Waals surface area contributed by atoms with Gasteiger partial charge in [0, 0.05) is 6.61 Å². The topological polar surface area (TPSA) is 73.5 Å². The van der Waals surface area contributed by atoms with E-state index in [4.69, 9.17) is 4.74 Å². The molecule has 1 aromatic heterocycles. The van der Waals surface area contributed by atoms with Gasteiger partial charge < -0.3 is 9.84 Å². The summed E-state index contributed by atoms with van der Waals surface area (Å²) in [5, 5.41) is 10.2. The Kier molecular flexibility index (Phi) is 5.45. The van der Waals surface area contributed by atoms with Crippen molar-refractivity contribution in [3.05, 3.63) is 68.7 Å². The van der Waals surface area contributed by atoms with E-state index < -0.39 is 29.4 Å². The zero-order valence-corrected chi connectivity index (χ0v) is 13.8. The summed E-state index contributed by atoms with van der Waals surface area (Å²) in [5.74, 6) is -1.02. The van der Waals surface area contributed by atoms with E-state index in [0.29, 0.717) is 25.9 Å². The zero-order chi connectivity index (χ0) is 17.8. The number of hydrogen-bond acceptors (Lipinski definition) is 4. The molecule has 1 aromatic carbocycles. The molecule has 1 fully saturated rings. The smallest absolute Gasteiger partial charge is 0.333 e. The van der Waals surface area contributed by atoms with Gasteiger partial charge in [0.25, 0.3) is 5.56 Å². The molecule has 7 heteroatoms. The lowest BCUT2D eigenvalue weighted by atomic mass is 10.1. The van der Waals surface area contributed by atoms with Crippen LogP contribution in [0.2, 0.25) is 0 Å². The minimum absolute atomic E-state index is 0.241. The van der Waals surface area contributed by atoms with Crippen LogP contribution >= 0.6 is 0 Å². The average molecular weight is 348 g/mol. The maximum Gasteiger partial charge on any atom is 0.333 e. The van der Waals surface area contributed by atoms with Crippen LogP contribution < -0.4 is 11.2 Å². The monoisotopic (exact) mass is 348 g/mol. The summed E-state index contributed by atoms with van der Waals surface area (Å²) < 4.78 is 21.2. The quantitative estimate of drug-likeness (QED) is 0.858. The summed E-state index contributed by atoms with van der Waals surface area (Å²) in [6.45, 7) is 0.256. The first kappa shape index (κ1) is 17.6. The number of aliphatic hydroxyl groups excluding tert-OH is 1. The molecule has 25 heavy (non-hydrogen) atoms. The van der Waals surface area contributed by atoms with Crippen molar-refractivity contribution in [1.82, 2.24) is 9.13 Å². The predicted octanol–water partition coefficient (Wildman–Crippen LogP) is 1.45. The van der Waals surface area contributed by atoms with Crippen LogP contribution in [0.5, 0.6) is 0 Å². The Bertz CT molecular complexity index is 825. The van der Waals surface area contributed by atoms with Gasteiger partial charge in [-0.05, 0) is 31.2 Å². The molecule has 1 aliphatic rings. The van der Waals surface area contributed by atoms with Gasteiger partial charge in [0.2, 0.25) is 5.82 Å². The molecule has 1 saturated heterocycles. The van der Waals surface area contributed by atoms with E-state index >= 15 is 0 Å². The van der Waals surface area contributed by atoms with E-state index in [1.54, 1.807) is 0 Å². The third kappa shape index (κ3) is 4.05. The van der Waals surface area contributed by atoms with Crippen LogP contribution in [0.25, 0.3) is 0 Å². The van der Waals surface area contributed by atoms with E-state index in [1.165, 1.54) is 0 Å². The largest absolute Gasteiger partial charge is 0.391 e. The van der Waals surface area contributed by atoms with Crippen molar-refractivity contribution in [3.8, 4) is 0 Å². The highest BCUT2D eigenvalue weighted by Crippen LogP contribution is 2.20. The van der Waals surface area contributed by atoms with Crippen LogP contribution in [0.4, 0.5) is 4.39 Å². The Balaban J connectivity index is 1.76. The molecule has 3 rings (SSSR count). The summed E-state index contributed by atoms with van der Waals surface area (Å²) in [6, 6.07) is 9.58. The number of rotatable bonds is 6. The number of hydrogen-bond donors (Lipinski definition) is 1. The van der Waals surface area contributed by atoms with Crippen LogP contribution in [0.1, 0.15) is 31.1 Å². The molecule has 1 aliphatic heterocycles. The van der Waals surface area contributed by atoms with Crippen molar-refractivity contribution in [2.24, 2.45) is 0 Å². The van der Waals surface area contributed by atoms with Crippen molar-refractivity contribution in [2.45, 2.75) is 44.6 Å². The molecule has 0 aliphatic carbocycles. The highest BCUT2D eigenvalue weighted by molar-refractivity contribution is 5.14. The maximum absolute atomic E-state index is 13.9.